The van der Waals surface area contributed by atoms with Crippen LogP contribution in [-0.4, -0.2) is 44.9 Å². The second-order valence-electron chi connectivity index (χ2n) is 3.60. The fourth-order valence-electron chi connectivity index (χ4n) is 1.32. The standard InChI is InChI=1S/C10H16ClN3O2S/c1-12-5-3-7-14(2)17(15,16)9-4-6-13-10(11)8-9/h4,6,8,12H,3,5,7H2,1-2H3. The smallest absolute Gasteiger partial charge is 0.242 e. The van der Waals surface area contributed by atoms with Gasteiger partial charge in [-0.15, -0.1) is 0 Å². The maximum Gasteiger partial charge on any atom is 0.242 e. The molecule has 0 fully saturated rings. The number of nitrogens with zero attached hydrogens (tertiary/aromatic N) is 2. The van der Waals surface area contributed by atoms with Crippen LogP contribution in [0.2, 0.25) is 5.15 Å². The Morgan fingerprint density at radius 1 is 1.53 bits per heavy atom. The van der Waals surface area contributed by atoms with Crippen molar-refractivity contribution in [2.75, 3.05) is 27.2 Å². The first-order valence-electron chi connectivity index (χ1n) is 5.21. The first-order valence-corrected chi connectivity index (χ1v) is 7.03. The van der Waals surface area contributed by atoms with Gasteiger partial charge < -0.3 is 5.32 Å². The second-order valence-corrected chi connectivity index (χ2v) is 6.03. The van der Waals surface area contributed by atoms with Crippen LogP contribution in [0.25, 0.3) is 0 Å². The molecule has 0 aliphatic rings. The maximum atomic E-state index is 12.1. The van der Waals surface area contributed by atoms with Crippen LogP contribution in [0.1, 0.15) is 6.42 Å². The highest BCUT2D eigenvalue weighted by Gasteiger charge is 2.20. The summed E-state index contributed by atoms with van der Waals surface area (Å²) in [7, 11) is -0.0755. The van der Waals surface area contributed by atoms with Crippen LogP contribution in [-0.2, 0) is 10.0 Å². The van der Waals surface area contributed by atoms with E-state index in [1.54, 1.807) is 7.05 Å². The summed E-state index contributed by atoms with van der Waals surface area (Å²) in [4.78, 5) is 3.93. The Labute approximate surface area is 107 Å². The number of pyridine rings is 1. The molecule has 0 aliphatic heterocycles. The molecule has 1 N–H and O–H groups in total. The molecule has 0 saturated heterocycles. The van der Waals surface area contributed by atoms with Gasteiger partial charge in [-0.2, -0.15) is 0 Å². The molecule has 1 heterocycles. The van der Waals surface area contributed by atoms with Gasteiger partial charge in [0.2, 0.25) is 10.0 Å². The monoisotopic (exact) mass is 277 g/mol. The Morgan fingerprint density at radius 2 is 2.24 bits per heavy atom. The van der Waals surface area contributed by atoms with Gasteiger partial charge in [-0.05, 0) is 32.1 Å². The normalized spacial score (nSPS) is 12.0. The Morgan fingerprint density at radius 3 is 2.82 bits per heavy atom. The van der Waals surface area contributed by atoms with Crippen LogP contribution in [0.4, 0.5) is 0 Å². The lowest BCUT2D eigenvalue weighted by atomic mass is 10.4. The van der Waals surface area contributed by atoms with E-state index in [-0.39, 0.29) is 10.0 Å². The fraction of sp³-hybridized carbons (Fsp3) is 0.500. The molecule has 0 unspecified atom stereocenters. The van der Waals surface area contributed by atoms with E-state index in [1.807, 2.05) is 7.05 Å². The highest BCUT2D eigenvalue weighted by molar-refractivity contribution is 7.89. The minimum atomic E-state index is -3.46. The number of aromatic nitrogens is 1. The first-order chi connectivity index (χ1) is 7.98. The third kappa shape index (κ3) is 3.92. The van der Waals surface area contributed by atoms with Crippen molar-refractivity contribution >= 4 is 21.6 Å². The van der Waals surface area contributed by atoms with Gasteiger partial charge in [0.25, 0.3) is 0 Å². The summed E-state index contributed by atoms with van der Waals surface area (Å²) in [5.74, 6) is 0. The van der Waals surface area contributed by atoms with Crippen molar-refractivity contribution in [3.63, 3.8) is 0 Å². The van der Waals surface area contributed by atoms with Gasteiger partial charge >= 0.3 is 0 Å². The number of hydrogen-bond donors (Lipinski definition) is 1. The van der Waals surface area contributed by atoms with E-state index in [9.17, 15) is 8.42 Å². The molecule has 0 saturated carbocycles. The molecule has 0 spiro atoms. The molecule has 1 rings (SSSR count). The van der Waals surface area contributed by atoms with Gasteiger partial charge in [0.15, 0.2) is 0 Å². The minimum absolute atomic E-state index is 0.171. The molecule has 0 aromatic carbocycles. The highest BCUT2D eigenvalue weighted by atomic mass is 35.5. The van der Waals surface area contributed by atoms with Gasteiger partial charge in [0.05, 0.1) is 4.90 Å². The van der Waals surface area contributed by atoms with Gasteiger partial charge in [0.1, 0.15) is 5.15 Å². The highest BCUT2D eigenvalue weighted by Crippen LogP contribution is 2.16. The van der Waals surface area contributed by atoms with Crippen molar-refractivity contribution in [2.45, 2.75) is 11.3 Å². The zero-order chi connectivity index (χ0) is 12.9. The summed E-state index contributed by atoms with van der Waals surface area (Å²) in [5.41, 5.74) is 0. The summed E-state index contributed by atoms with van der Waals surface area (Å²) in [6.45, 7) is 1.24. The van der Waals surface area contributed by atoms with Gasteiger partial charge in [-0.25, -0.2) is 17.7 Å². The molecule has 96 valence electrons. The summed E-state index contributed by atoms with van der Waals surface area (Å²) in [6.07, 6.45) is 2.14. The number of nitrogens with one attached hydrogen (secondary N) is 1. The minimum Gasteiger partial charge on any atom is -0.320 e. The lowest BCUT2D eigenvalue weighted by Crippen LogP contribution is -2.29. The predicted molar refractivity (Wildman–Crippen MR) is 67.6 cm³/mol. The quantitative estimate of drug-likeness (QED) is 0.622. The Hall–Kier alpha value is -0.690. The van der Waals surface area contributed by atoms with Gasteiger partial charge in [-0.3, -0.25) is 0 Å². The van der Waals surface area contributed by atoms with Crippen LogP contribution >= 0.6 is 11.6 Å². The van der Waals surface area contributed by atoms with Crippen LogP contribution in [0.15, 0.2) is 23.2 Å². The molecule has 7 heteroatoms. The summed E-state index contributed by atoms with van der Waals surface area (Å²) in [5, 5.41) is 3.15. The summed E-state index contributed by atoms with van der Waals surface area (Å²) >= 11 is 5.68. The zero-order valence-corrected chi connectivity index (χ0v) is 11.4. The van der Waals surface area contributed by atoms with Crippen molar-refractivity contribution < 1.29 is 8.42 Å². The topological polar surface area (TPSA) is 62.3 Å². The van der Waals surface area contributed by atoms with Gasteiger partial charge in [-0.1, -0.05) is 11.6 Å². The molecule has 1 aromatic rings. The van der Waals surface area contributed by atoms with Crippen LogP contribution < -0.4 is 5.32 Å². The predicted octanol–water partition coefficient (Wildman–Crippen LogP) is 0.965. The first kappa shape index (κ1) is 14.4. The number of sulfonamides is 1. The third-order valence-electron chi connectivity index (χ3n) is 2.31. The summed E-state index contributed by atoms with van der Waals surface area (Å²) in [6, 6.07) is 2.79. The van der Waals surface area contributed by atoms with E-state index in [0.717, 1.165) is 13.0 Å². The van der Waals surface area contributed by atoms with Crippen molar-refractivity contribution in [1.82, 2.24) is 14.6 Å². The van der Waals surface area contributed by atoms with E-state index in [4.69, 9.17) is 11.6 Å². The average Bonchev–Trinajstić information content (AvgIpc) is 2.29. The fourth-order valence-corrected chi connectivity index (χ4v) is 2.79. The van der Waals surface area contributed by atoms with E-state index in [1.165, 1.54) is 22.6 Å². The SMILES string of the molecule is CNCCCN(C)S(=O)(=O)c1ccnc(Cl)c1. The van der Waals surface area contributed by atoms with Gasteiger partial charge in [0, 0.05) is 19.8 Å². The van der Waals surface area contributed by atoms with Crippen LogP contribution in [0.3, 0.4) is 0 Å². The number of hydrogen-bond acceptors (Lipinski definition) is 4. The molecular weight excluding hydrogens is 262 g/mol. The van der Waals surface area contributed by atoms with Crippen molar-refractivity contribution in [3.8, 4) is 0 Å². The molecule has 17 heavy (non-hydrogen) atoms. The largest absolute Gasteiger partial charge is 0.320 e. The molecule has 5 nitrogen and oxygen atoms in total. The molecule has 0 bridgehead atoms. The average molecular weight is 278 g/mol. The van der Waals surface area contributed by atoms with Crippen molar-refractivity contribution in [2.24, 2.45) is 0 Å². The zero-order valence-electron chi connectivity index (χ0n) is 9.85. The van der Waals surface area contributed by atoms with E-state index >= 15 is 0 Å². The molecule has 1 aromatic heterocycles. The van der Waals surface area contributed by atoms with E-state index in [0.29, 0.717) is 6.54 Å². The molecular formula is C10H16ClN3O2S. The number of halogens is 1. The molecule has 0 aliphatic carbocycles. The maximum absolute atomic E-state index is 12.1. The Kier molecular flexibility index (Phi) is 5.32. The number of rotatable bonds is 6. The second kappa shape index (κ2) is 6.30. The Balaban J connectivity index is 2.80. The van der Waals surface area contributed by atoms with E-state index < -0.39 is 10.0 Å². The molecule has 0 radical (unpaired) electrons. The van der Waals surface area contributed by atoms with E-state index in [2.05, 4.69) is 10.3 Å². The molecule has 0 atom stereocenters. The molecule has 0 amide bonds. The Bertz CT molecular complexity index is 464. The van der Waals surface area contributed by atoms with Crippen molar-refractivity contribution in [3.05, 3.63) is 23.5 Å². The van der Waals surface area contributed by atoms with Crippen LogP contribution in [0.5, 0.6) is 0 Å². The third-order valence-corrected chi connectivity index (χ3v) is 4.37. The lowest BCUT2D eigenvalue weighted by Gasteiger charge is -2.16. The van der Waals surface area contributed by atoms with Crippen molar-refractivity contribution in [1.29, 1.82) is 0 Å². The summed E-state index contributed by atoms with van der Waals surface area (Å²) < 4.78 is 25.5. The van der Waals surface area contributed by atoms with Crippen LogP contribution in [0, 0.1) is 0 Å². The lowest BCUT2D eigenvalue weighted by molar-refractivity contribution is 0.458.